The second-order valence-electron chi connectivity index (χ2n) is 8.22. The third-order valence-electron chi connectivity index (χ3n) is 5.95. The molecule has 0 atom stereocenters. The lowest BCUT2D eigenvalue weighted by atomic mass is 9.96. The number of rotatable bonds is 6. The van der Waals surface area contributed by atoms with Gasteiger partial charge in [-0.1, -0.05) is 31.4 Å². The molecule has 0 bridgehead atoms. The molecule has 0 spiro atoms. The number of fused-ring (bicyclic) bond motifs is 1. The number of aromatic nitrogens is 1. The van der Waals surface area contributed by atoms with E-state index in [1.165, 1.54) is 30.3 Å². The van der Waals surface area contributed by atoms with Crippen LogP contribution >= 0.6 is 0 Å². The topological polar surface area (TPSA) is 134 Å². The van der Waals surface area contributed by atoms with Crippen molar-refractivity contribution in [3.63, 3.8) is 0 Å². The van der Waals surface area contributed by atoms with E-state index in [0.717, 1.165) is 32.1 Å². The zero-order valence-corrected chi connectivity index (χ0v) is 19.0. The standard InChI is InChI=1S/C23H23N3O7S/c27-26(28)18-9-5-4-8-17(18)21-25-23(22(33-21)24-15-6-2-1-3-7-15)34(29,30)16-10-11-19-20(14-16)32-13-12-31-19/h4-5,8-11,14-15,24H,1-3,6-7,12-13H2. The molecular formula is C23H23N3O7S. The second kappa shape index (κ2) is 8.98. The maximum Gasteiger partial charge on any atom is 0.282 e. The number of sulfone groups is 1. The minimum Gasteiger partial charge on any atom is -0.486 e. The number of hydrogen-bond donors (Lipinski definition) is 1. The van der Waals surface area contributed by atoms with Crippen molar-refractivity contribution in [1.82, 2.24) is 4.98 Å². The monoisotopic (exact) mass is 485 g/mol. The first-order valence-corrected chi connectivity index (χ1v) is 12.6. The Labute approximate surface area is 196 Å². The van der Waals surface area contributed by atoms with E-state index < -0.39 is 14.8 Å². The number of benzene rings is 2. The summed E-state index contributed by atoms with van der Waals surface area (Å²) in [6.07, 6.45) is 4.90. The Morgan fingerprint density at radius 1 is 1.00 bits per heavy atom. The van der Waals surface area contributed by atoms with Crippen LogP contribution in [-0.4, -0.2) is 37.6 Å². The molecule has 5 rings (SSSR count). The zero-order valence-electron chi connectivity index (χ0n) is 18.2. The third-order valence-corrected chi connectivity index (χ3v) is 7.61. The number of nitrogens with one attached hydrogen (secondary N) is 1. The van der Waals surface area contributed by atoms with E-state index in [9.17, 15) is 18.5 Å². The Hall–Kier alpha value is -3.60. The van der Waals surface area contributed by atoms with Crippen LogP contribution in [0.4, 0.5) is 11.6 Å². The van der Waals surface area contributed by atoms with Gasteiger partial charge in [-0.05, 0) is 31.0 Å². The number of anilines is 1. The van der Waals surface area contributed by atoms with Gasteiger partial charge in [-0.2, -0.15) is 4.98 Å². The molecule has 0 saturated heterocycles. The minimum atomic E-state index is -4.15. The van der Waals surface area contributed by atoms with E-state index in [2.05, 4.69) is 10.3 Å². The van der Waals surface area contributed by atoms with Crippen LogP contribution in [0.1, 0.15) is 32.1 Å². The Kier molecular flexibility index (Phi) is 5.86. The van der Waals surface area contributed by atoms with Crippen molar-refractivity contribution >= 4 is 21.4 Å². The lowest BCUT2D eigenvalue weighted by Crippen LogP contribution is -2.23. The van der Waals surface area contributed by atoms with Crippen LogP contribution in [0, 0.1) is 10.1 Å². The summed E-state index contributed by atoms with van der Waals surface area (Å²) >= 11 is 0. The van der Waals surface area contributed by atoms with E-state index in [1.54, 1.807) is 12.1 Å². The molecule has 10 nitrogen and oxygen atoms in total. The van der Waals surface area contributed by atoms with Crippen molar-refractivity contribution in [3.05, 3.63) is 52.6 Å². The predicted octanol–water partition coefficient (Wildman–Crippen LogP) is 4.60. The number of nitrogens with zero attached hydrogens (tertiary/aromatic N) is 2. The number of para-hydroxylation sites is 1. The Bertz CT molecular complexity index is 1330. The van der Waals surface area contributed by atoms with Crippen molar-refractivity contribution in [1.29, 1.82) is 0 Å². The molecule has 0 amide bonds. The first kappa shape index (κ1) is 22.2. The lowest BCUT2D eigenvalue weighted by Gasteiger charge is -2.22. The van der Waals surface area contributed by atoms with Gasteiger partial charge in [0.25, 0.3) is 5.69 Å². The van der Waals surface area contributed by atoms with Gasteiger partial charge >= 0.3 is 0 Å². The zero-order chi connectivity index (χ0) is 23.7. The molecule has 1 fully saturated rings. The summed E-state index contributed by atoms with van der Waals surface area (Å²) in [7, 11) is -4.15. The molecule has 34 heavy (non-hydrogen) atoms. The summed E-state index contributed by atoms with van der Waals surface area (Å²) in [6.45, 7) is 0.702. The van der Waals surface area contributed by atoms with Gasteiger partial charge in [0.05, 0.1) is 9.82 Å². The smallest absolute Gasteiger partial charge is 0.282 e. The SMILES string of the molecule is O=[N+]([O-])c1ccccc1-c1nc(S(=O)(=O)c2ccc3c(c2)OCCO3)c(NC2CCCCC2)o1. The van der Waals surface area contributed by atoms with Gasteiger partial charge in [0.15, 0.2) is 11.5 Å². The second-order valence-corrected chi connectivity index (χ2v) is 10.1. The average molecular weight is 486 g/mol. The van der Waals surface area contributed by atoms with Gasteiger partial charge in [-0.3, -0.25) is 10.1 Å². The molecule has 0 radical (unpaired) electrons. The van der Waals surface area contributed by atoms with Crippen molar-refractivity contribution in [2.45, 2.75) is 48.1 Å². The van der Waals surface area contributed by atoms with Crippen molar-refractivity contribution in [2.75, 3.05) is 18.5 Å². The van der Waals surface area contributed by atoms with Gasteiger partial charge in [0, 0.05) is 18.2 Å². The van der Waals surface area contributed by atoms with Crippen LogP contribution in [0.15, 0.2) is 56.8 Å². The summed E-state index contributed by atoms with van der Waals surface area (Å²) in [4.78, 5) is 15.2. The predicted molar refractivity (Wildman–Crippen MR) is 122 cm³/mol. The Balaban J connectivity index is 1.60. The van der Waals surface area contributed by atoms with Gasteiger partial charge in [-0.15, -0.1) is 0 Å². The first-order valence-electron chi connectivity index (χ1n) is 11.1. The summed E-state index contributed by atoms with van der Waals surface area (Å²) in [5.74, 6) is 0.639. The summed E-state index contributed by atoms with van der Waals surface area (Å²) in [5, 5.41) is 14.4. The Morgan fingerprint density at radius 2 is 1.74 bits per heavy atom. The van der Waals surface area contributed by atoms with E-state index in [4.69, 9.17) is 13.9 Å². The third kappa shape index (κ3) is 4.18. The molecule has 2 heterocycles. The van der Waals surface area contributed by atoms with Crippen LogP contribution in [-0.2, 0) is 9.84 Å². The largest absolute Gasteiger partial charge is 0.486 e. The van der Waals surface area contributed by atoms with Crippen molar-refractivity contribution < 1.29 is 27.2 Å². The molecule has 11 heteroatoms. The molecule has 1 aliphatic heterocycles. The fraction of sp³-hybridized carbons (Fsp3) is 0.348. The Morgan fingerprint density at radius 3 is 2.50 bits per heavy atom. The molecule has 2 aliphatic rings. The van der Waals surface area contributed by atoms with Gasteiger partial charge in [0.1, 0.15) is 18.8 Å². The summed E-state index contributed by atoms with van der Waals surface area (Å²) < 4.78 is 44.2. The molecule has 0 unspecified atom stereocenters. The van der Waals surface area contributed by atoms with E-state index >= 15 is 0 Å². The number of ether oxygens (including phenoxy) is 2. The molecule has 1 aromatic heterocycles. The quantitative estimate of drug-likeness (QED) is 0.393. The minimum absolute atomic E-state index is 0.0186. The average Bonchev–Trinajstić information content (AvgIpc) is 3.29. The summed E-state index contributed by atoms with van der Waals surface area (Å²) in [5.41, 5.74) is -0.126. The number of hydrogen-bond acceptors (Lipinski definition) is 9. The maximum absolute atomic E-state index is 13.7. The highest BCUT2D eigenvalue weighted by molar-refractivity contribution is 7.91. The molecule has 3 aromatic rings. The lowest BCUT2D eigenvalue weighted by molar-refractivity contribution is -0.384. The van der Waals surface area contributed by atoms with Crippen LogP contribution in [0.3, 0.4) is 0 Å². The molecule has 1 saturated carbocycles. The van der Waals surface area contributed by atoms with Crippen LogP contribution < -0.4 is 14.8 Å². The fourth-order valence-corrected chi connectivity index (χ4v) is 5.52. The van der Waals surface area contributed by atoms with E-state index in [1.807, 2.05) is 0 Å². The van der Waals surface area contributed by atoms with Crippen molar-refractivity contribution in [3.8, 4) is 23.0 Å². The number of nitro benzene ring substituents is 1. The fourth-order valence-electron chi connectivity index (χ4n) is 4.24. The normalized spacial score (nSPS) is 16.2. The van der Waals surface area contributed by atoms with Gasteiger partial charge < -0.3 is 19.2 Å². The van der Waals surface area contributed by atoms with Crippen molar-refractivity contribution in [2.24, 2.45) is 0 Å². The molecule has 2 aromatic carbocycles. The van der Waals surface area contributed by atoms with E-state index in [0.29, 0.717) is 24.7 Å². The maximum atomic E-state index is 13.7. The molecular weight excluding hydrogens is 462 g/mol. The van der Waals surface area contributed by atoms with Crippen LogP contribution in [0.25, 0.3) is 11.5 Å². The van der Waals surface area contributed by atoms with Crippen LogP contribution in [0.5, 0.6) is 11.5 Å². The number of nitro groups is 1. The summed E-state index contributed by atoms with van der Waals surface area (Å²) in [6, 6.07) is 10.3. The highest BCUT2D eigenvalue weighted by Crippen LogP contribution is 2.39. The molecule has 178 valence electrons. The highest BCUT2D eigenvalue weighted by Gasteiger charge is 2.32. The van der Waals surface area contributed by atoms with Gasteiger partial charge in [0.2, 0.25) is 26.6 Å². The number of oxazole rings is 1. The molecule has 1 N–H and O–H groups in total. The molecule has 1 aliphatic carbocycles. The first-order chi connectivity index (χ1) is 16.4. The van der Waals surface area contributed by atoms with Crippen LogP contribution in [0.2, 0.25) is 0 Å². The highest BCUT2D eigenvalue weighted by atomic mass is 32.2. The van der Waals surface area contributed by atoms with Gasteiger partial charge in [-0.25, -0.2) is 8.42 Å². The van der Waals surface area contributed by atoms with E-state index in [-0.39, 0.29) is 39.0 Å².